The predicted molar refractivity (Wildman–Crippen MR) is 108 cm³/mol. The van der Waals surface area contributed by atoms with E-state index in [1.807, 2.05) is 57.0 Å². The molecule has 8 heteroatoms. The molecular formula is C18H32N4O3S. The van der Waals surface area contributed by atoms with Crippen molar-refractivity contribution in [3.05, 3.63) is 23.8 Å². The third-order valence-electron chi connectivity index (χ3n) is 3.93. The lowest BCUT2D eigenvalue weighted by molar-refractivity contribution is -0.129. The number of benzene rings is 1. The van der Waals surface area contributed by atoms with Crippen LogP contribution in [0.25, 0.3) is 0 Å². The van der Waals surface area contributed by atoms with Gasteiger partial charge in [0.05, 0.1) is 5.75 Å². The quantitative estimate of drug-likeness (QED) is 0.666. The van der Waals surface area contributed by atoms with Crippen LogP contribution in [0.5, 0.6) is 0 Å². The lowest BCUT2D eigenvalue weighted by atomic mass is 10.1. The smallest absolute Gasteiger partial charge is 0.232 e. The highest BCUT2D eigenvalue weighted by molar-refractivity contribution is 7.92. The molecule has 0 fully saturated rings. The minimum absolute atomic E-state index is 0.00600. The molecule has 0 heterocycles. The van der Waals surface area contributed by atoms with Crippen molar-refractivity contribution in [3.8, 4) is 0 Å². The van der Waals surface area contributed by atoms with Crippen LogP contribution in [0.1, 0.15) is 25.8 Å². The van der Waals surface area contributed by atoms with E-state index in [9.17, 15) is 13.2 Å². The number of hydrogen-bond acceptors (Lipinski definition) is 5. The van der Waals surface area contributed by atoms with Crippen LogP contribution in [0, 0.1) is 0 Å². The summed E-state index contributed by atoms with van der Waals surface area (Å²) in [5, 5.41) is 0. The largest absolute Gasteiger partial charge is 0.377 e. The molecule has 1 rings (SSSR count). The summed E-state index contributed by atoms with van der Waals surface area (Å²) in [5.74, 6) is 0.0775. The van der Waals surface area contributed by atoms with Crippen LogP contribution >= 0.6 is 0 Å². The molecule has 148 valence electrons. The van der Waals surface area contributed by atoms with Crippen LogP contribution < -0.4 is 9.62 Å². The van der Waals surface area contributed by atoms with Gasteiger partial charge in [0.15, 0.2) is 0 Å². The molecule has 0 bridgehead atoms. The molecule has 7 nitrogen and oxygen atoms in total. The number of likely N-dealkylation sites (N-methyl/N-ethyl adjacent to an activating group) is 1. The molecule has 26 heavy (non-hydrogen) atoms. The maximum Gasteiger partial charge on any atom is 0.232 e. The van der Waals surface area contributed by atoms with Crippen LogP contribution in [-0.2, 0) is 21.4 Å². The highest BCUT2D eigenvalue weighted by atomic mass is 32.2. The van der Waals surface area contributed by atoms with Gasteiger partial charge in [0.25, 0.3) is 0 Å². The van der Waals surface area contributed by atoms with Gasteiger partial charge < -0.3 is 14.7 Å². The number of nitrogens with zero attached hydrogens (tertiary/aromatic N) is 3. The monoisotopic (exact) mass is 384 g/mol. The molecule has 0 saturated carbocycles. The van der Waals surface area contributed by atoms with E-state index in [1.54, 1.807) is 17.9 Å². The zero-order valence-corrected chi connectivity index (χ0v) is 17.6. The number of nitrogens with one attached hydrogen (secondary N) is 1. The number of hydrogen-bond donors (Lipinski definition) is 1. The molecule has 1 aromatic rings. The van der Waals surface area contributed by atoms with Crippen molar-refractivity contribution in [2.45, 2.75) is 26.8 Å². The van der Waals surface area contributed by atoms with Gasteiger partial charge >= 0.3 is 0 Å². The minimum Gasteiger partial charge on any atom is -0.377 e. The zero-order chi connectivity index (χ0) is 19.9. The first-order valence-corrected chi connectivity index (χ1v) is 10.4. The summed E-state index contributed by atoms with van der Waals surface area (Å²) < 4.78 is 26.7. The first-order valence-electron chi connectivity index (χ1n) is 8.76. The number of sulfonamides is 1. The van der Waals surface area contributed by atoms with Gasteiger partial charge in [-0.1, -0.05) is 6.92 Å². The number of carbonyl (C=O) groups excluding carboxylic acids is 1. The molecule has 0 aliphatic heterocycles. The highest BCUT2D eigenvalue weighted by Crippen LogP contribution is 2.25. The summed E-state index contributed by atoms with van der Waals surface area (Å²) in [5.41, 5.74) is 2.38. The van der Waals surface area contributed by atoms with Crippen LogP contribution in [0.3, 0.4) is 0 Å². The number of carbonyl (C=O) groups is 1. The van der Waals surface area contributed by atoms with E-state index in [4.69, 9.17) is 0 Å². The molecule has 1 N–H and O–H groups in total. The van der Waals surface area contributed by atoms with Crippen molar-refractivity contribution < 1.29 is 13.2 Å². The summed E-state index contributed by atoms with van der Waals surface area (Å²) in [6, 6.07) is 5.45. The number of amides is 1. The average Bonchev–Trinajstić information content (AvgIpc) is 2.50. The third kappa shape index (κ3) is 7.21. The summed E-state index contributed by atoms with van der Waals surface area (Å²) in [6.07, 6.45) is 0.556. The SMILES string of the molecule is CCCS(=O)(=O)Nc1ccc(N(C)C)c(CN(CCN(C)C)C(C)=O)c1. The fraction of sp³-hybridized carbons (Fsp3) is 0.611. The fourth-order valence-corrected chi connectivity index (χ4v) is 3.71. The van der Waals surface area contributed by atoms with Gasteiger partial charge in [-0.3, -0.25) is 9.52 Å². The molecule has 0 unspecified atom stereocenters. The minimum atomic E-state index is -3.35. The van der Waals surface area contributed by atoms with Crippen molar-refractivity contribution >= 4 is 27.3 Å². The highest BCUT2D eigenvalue weighted by Gasteiger charge is 2.16. The summed E-state index contributed by atoms with van der Waals surface area (Å²) in [4.78, 5) is 17.8. The molecule has 0 atom stereocenters. The third-order valence-corrected chi connectivity index (χ3v) is 5.42. The summed E-state index contributed by atoms with van der Waals surface area (Å²) in [6.45, 7) is 5.19. The van der Waals surface area contributed by atoms with Gasteiger partial charge in [0, 0.05) is 52.0 Å². The van der Waals surface area contributed by atoms with Crippen LogP contribution in [0.15, 0.2) is 18.2 Å². The van der Waals surface area contributed by atoms with Crippen LogP contribution in [0.2, 0.25) is 0 Å². The maximum atomic E-state index is 12.0. The molecule has 1 aromatic carbocycles. The Morgan fingerprint density at radius 3 is 2.27 bits per heavy atom. The van der Waals surface area contributed by atoms with E-state index >= 15 is 0 Å². The van der Waals surface area contributed by atoms with Crippen molar-refractivity contribution in [1.29, 1.82) is 0 Å². The Kier molecular flexibility index (Phi) is 8.36. The van der Waals surface area contributed by atoms with E-state index in [0.717, 1.165) is 17.8 Å². The summed E-state index contributed by atoms with van der Waals surface area (Å²) >= 11 is 0. The molecule has 0 saturated heterocycles. The Bertz CT molecular complexity index is 702. The first kappa shape index (κ1) is 22.2. The van der Waals surface area contributed by atoms with Crippen molar-refractivity contribution in [2.75, 3.05) is 56.7 Å². The van der Waals surface area contributed by atoms with Gasteiger partial charge in [-0.2, -0.15) is 0 Å². The summed E-state index contributed by atoms with van der Waals surface area (Å²) in [7, 11) is 4.43. The van der Waals surface area contributed by atoms with E-state index in [1.165, 1.54) is 0 Å². The fourth-order valence-electron chi connectivity index (χ4n) is 2.59. The topological polar surface area (TPSA) is 73.0 Å². The van der Waals surface area contributed by atoms with E-state index in [0.29, 0.717) is 25.2 Å². The van der Waals surface area contributed by atoms with Gasteiger partial charge in [-0.05, 0) is 44.3 Å². The van der Waals surface area contributed by atoms with Gasteiger partial charge in [-0.15, -0.1) is 0 Å². The van der Waals surface area contributed by atoms with Gasteiger partial charge in [0.2, 0.25) is 15.9 Å². The first-order chi connectivity index (χ1) is 12.1. The Hall–Kier alpha value is -1.80. The molecule has 0 radical (unpaired) electrons. The van der Waals surface area contributed by atoms with Crippen molar-refractivity contribution in [1.82, 2.24) is 9.80 Å². The van der Waals surface area contributed by atoms with Gasteiger partial charge in [-0.25, -0.2) is 8.42 Å². The molecule has 0 spiro atoms. The van der Waals surface area contributed by atoms with Crippen molar-refractivity contribution in [2.24, 2.45) is 0 Å². The average molecular weight is 385 g/mol. The molecule has 0 aliphatic carbocycles. The molecule has 0 aromatic heterocycles. The van der Waals surface area contributed by atoms with Gasteiger partial charge in [0.1, 0.15) is 0 Å². The Balaban J connectivity index is 3.12. The van der Waals surface area contributed by atoms with E-state index in [2.05, 4.69) is 4.72 Å². The molecular weight excluding hydrogens is 352 g/mol. The van der Waals surface area contributed by atoms with E-state index in [-0.39, 0.29) is 11.7 Å². The molecule has 0 aliphatic rings. The second-order valence-electron chi connectivity index (χ2n) is 6.90. The van der Waals surface area contributed by atoms with E-state index < -0.39 is 10.0 Å². The maximum absolute atomic E-state index is 12.0. The van der Waals surface area contributed by atoms with Crippen molar-refractivity contribution in [3.63, 3.8) is 0 Å². The molecule has 1 amide bonds. The lowest BCUT2D eigenvalue weighted by Crippen LogP contribution is -2.35. The standard InChI is InChI=1S/C18H32N4O3S/c1-7-12-26(24,25)19-17-8-9-18(21(5)6)16(13-17)14-22(15(2)23)11-10-20(3)4/h8-9,13,19H,7,10-12,14H2,1-6H3. The zero-order valence-electron chi connectivity index (χ0n) is 16.7. The Morgan fingerprint density at radius 1 is 1.12 bits per heavy atom. The second kappa shape index (κ2) is 9.78. The normalized spacial score (nSPS) is 11.5. The van der Waals surface area contributed by atoms with Crippen LogP contribution in [0.4, 0.5) is 11.4 Å². The Morgan fingerprint density at radius 2 is 1.77 bits per heavy atom. The number of rotatable bonds is 10. The second-order valence-corrected chi connectivity index (χ2v) is 8.74. The predicted octanol–water partition coefficient (Wildman–Crippen LogP) is 1.81. The lowest BCUT2D eigenvalue weighted by Gasteiger charge is -2.26. The number of anilines is 2. The Labute approximate surface area is 158 Å². The van der Waals surface area contributed by atoms with Crippen LogP contribution in [-0.4, -0.2) is 71.2 Å².